The van der Waals surface area contributed by atoms with E-state index < -0.39 is 5.97 Å². The third-order valence-electron chi connectivity index (χ3n) is 8.05. The fraction of sp³-hybridized carbons (Fsp3) is 0.412. The van der Waals surface area contributed by atoms with Gasteiger partial charge in [0.1, 0.15) is 11.5 Å². The lowest BCUT2D eigenvalue weighted by molar-refractivity contribution is -0.139. The number of piperazine rings is 1. The molecule has 1 aliphatic rings. The number of carboxylic acids is 1. The molecule has 0 unspecified atom stereocenters. The monoisotopic (exact) mass is 573 g/mol. The minimum Gasteiger partial charge on any atom is -0.497 e. The van der Waals surface area contributed by atoms with Gasteiger partial charge in [0.25, 0.3) is 5.91 Å². The van der Waals surface area contributed by atoms with Crippen LogP contribution in [0.2, 0.25) is 0 Å². The van der Waals surface area contributed by atoms with E-state index in [-0.39, 0.29) is 30.6 Å². The number of carbonyl (C=O) groups excluding carboxylic acids is 1. The largest absolute Gasteiger partial charge is 0.497 e. The first kappa shape index (κ1) is 31.1. The summed E-state index contributed by atoms with van der Waals surface area (Å²) in [6.07, 6.45) is 0. The maximum absolute atomic E-state index is 13.3. The molecule has 3 aromatic rings. The fourth-order valence-corrected chi connectivity index (χ4v) is 5.84. The lowest BCUT2D eigenvalue weighted by Gasteiger charge is -2.48. The van der Waals surface area contributed by atoms with Crippen molar-refractivity contribution in [2.75, 3.05) is 39.9 Å². The van der Waals surface area contributed by atoms with E-state index in [2.05, 4.69) is 54.0 Å². The quantitative estimate of drug-likeness (QED) is 0.314. The van der Waals surface area contributed by atoms with Gasteiger partial charge in [-0.05, 0) is 80.8 Å². The molecular formula is C34H43N3O5. The van der Waals surface area contributed by atoms with Gasteiger partial charge in [-0.2, -0.15) is 0 Å². The predicted octanol–water partition coefficient (Wildman–Crippen LogP) is 5.32. The Bertz CT molecular complexity index is 1360. The molecule has 1 saturated heterocycles. The van der Waals surface area contributed by atoms with Crippen LogP contribution in [0.4, 0.5) is 0 Å². The van der Waals surface area contributed by atoms with Crippen LogP contribution < -0.4 is 9.47 Å². The summed E-state index contributed by atoms with van der Waals surface area (Å²) in [5, 5.41) is 8.96. The lowest BCUT2D eigenvalue weighted by atomic mass is 9.92. The first-order chi connectivity index (χ1) is 20.2. The normalized spacial score (nSPS) is 18.3. The number of amides is 1. The van der Waals surface area contributed by atoms with Crippen molar-refractivity contribution in [1.82, 2.24) is 14.7 Å². The first-order valence-corrected chi connectivity index (χ1v) is 14.7. The van der Waals surface area contributed by atoms with Crippen molar-refractivity contribution >= 4 is 11.9 Å². The zero-order chi connectivity index (χ0) is 30.2. The van der Waals surface area contributed by atoms with Gasteiger partial charge in [0.2, 0.25) is 0 Å². The predicted molar refractivity (Wildman–Crippen MR) is 164 cm³/mol. The van der Waals surface area contributed by atoms with Crippen molar-refractivity contribution in [3.05, 3.63) is 95.1 Å². The molecule has 0 aromatic heterocycles. The van der Waals surface area contributed by atoms with Gasteiger partial charge in [-0.1, -0.05) is 36.4 Å². The zero-order valence-corrected chi connectivity index (χ0v) is 25.3. The third kappa shape index (κ3) is 7.49. The Morgan fingerprint density at radius 3 is 2.26 bits per heavy atom. The van der Waals surface area contributed by atoms with E-state index in [4.69, 9.17) is 14.6 Å². The number of nitrogens with zero attached hydrogens (tertiary/aromatic N) is 3. The number of ether oxygens (including phenoxy) is 2. The molecule has 224 valence electrons. The molecule has 1 fully saturated rings. The molecule has 1 heterocycles. The summed E-state index contributed by atoms with van der Waals surface area (Å²) in [5.41, 5.74) is 3.99. The molecule has 1 N–H and O–H groups in total. The highest BCUT2D eigenvalue weighted by Gasteiger charge is 2.35. The van der Waals surface area contributed by atoms with E-state index in [1.54, 1.807) is 13.2 Å². The maximum atomic E-state index is 13.3. The zero-order valence-electron chi connectivity index (χ0n) is 25.3. The van der Waals surface area contributed by atoms with Gasteiger partial charge in [0.05, 0.1) is 13.2 Å². The van der Waals surface area contributed by atoms with Crippen molar-refractivity contribution in [1.29, 1.82) is 0 Å². The SMILES string of the molecule is CCN(CC)C(=O)c1cccc([C@H](c2cccc(OC)c2)N2C[C@@H](C)N(Cc3cccc(OCC(=O)O)c3)C[C@@H]2C)c1. The van der Waals surface area contributed by atoms with E-state index >= 15 is 0 Å². The average molecular weight is 574 g/mol. The van der Waals surface area contributed by atoms with Crippen molar-refractivity contribution < 1.29 is 24.2 Å². The average Bonchev–Trinajstić information content (AvgIpc) is 2.99. The summed E-state index contributed by atoms with van der Waals surface area (Å²) in [5.74, 6) is 0.420. The van der Waals surface area contributed by atoms with Crippen molar-refractivity contribution in [2.24, 2.45) is 0 Å². The number of hydrogen-bond acceptors (Lipinski definition) is 6. The highest BCUT2D eigenvalue weighted by molar-refractivity contribution is 5.94. The second-order valence-electron chi connectivity index (χ2n) is 10.9. The Kier molecular flexibility index (Phi) is 10.6. The van der Waals surface area contributed by atoms with Gasteiger partial charge in [-0.3, -0.25) is 14.6 Å². The Labute approximate surface area is 249 Å². The molecule has 3 atom stereocenters. The Morgan fingerprint density at radius 2 is 1.57 bits per heavy atom. The van der Waals surface area contributed by atoms with Crippen LogP contribution in [-0.2, 0) is 11.3 Å². The Morgan fingerprint density at radius 1 is 0.905 bits per heavy atom. The van der Waals surface area contributed by atoms with Crippen molar-refractivity contribution in [3.8, 4) is 11.5 Å². The van der Waals surface area contributed by atoms with Gasteiger partial charge in [-0.25, -0.2) is 4.79 Å². The van der Waals surface area contributed by atoms with Gasteiger partial charge in [0.15, 0.2) is 6.61 Å². The number of carboxylic acid groups (broad SMARTS) is 1. The summed E-state index contributed by atoms with van der Waals surface area (Å²) in [4.78, 5) is 31.0. The number of benzene rings is 3. The van der Waals surface area contributed by atoms with Crippen molar-refractivity contribution in [3.63, 3.8) is 0 Å². The maximum Gasteiger partial charge on any atom is 0.341 e. The highest BCUT2D eigenvalue weighted by atomic mass is 16.5. The summed E-state index contributed by atoms with van der Waals surface area (Å²) >= 11 is 0. The van der Waals surface area contributed by atoms with E-state index in [0.29, 0.717) is 24.4 Å². The molecule has 42 heavy (non-hydrogen) atoms. The number of carbonyl (C=O) groups is 2. The Balaban J connectivity index is 1.61. The second-order valence-corrected chi connectivity index (χ2v) is 10.9. The molecule has 8 nitrogen and oxygen atoms in total. The topological polar surface area (TPSA) is 82.5 Å². The van der Waals surface area contributed by atoms with E-state index in [1.807, 2.05) is 55.1 Å². The minimum atomic E-state index is -0.993. The molecule has 0 aliphatic carbocycles. The van der Waals surface area contributed by atoms with E-state index in [0.717, 1.165) is 42.1 Å². The van der Waals surface area contributed by atoms with Crippen LogP contribution in [0.15, 0.2) is 72.8 Å². The van der Waals surface area contributed by atoms with Crippen LogP contribution in [-0.4, -0.2) is 83.7 Å². The van der Waals surface area contributed by atoms with E-state index in [9.17, 15) is 9.59 Å². The molecule has 1 aliphatic heterocycles. The molecule has 1 amide bonds. The van der Waals surface area contributed by atoms with Crippen LogP contribution in [0.3, 0.4) is 0 Å². The van der Waals surface area contributed by atoms with Crippen LogP contribution in [0.1, 0.15) is 60.8 Å². The standard InChI is InChI=1S/C34H43N3O5/c1-6-35(7-2)34(40)29-14-9-12-27(18-29)33(28-13-10-15-30(19-28)41-5)37-21-24(3)36(20-25(37)4)22-26-11-8-16-31(17-26)42-23-32(38)39/h8-19,24-25,33H,6-7,20-23H2,1-5H3,(H,38,39)/t24-,25+,33-/m1/s1. The van der Waals surface area contributed by atoms with Crippen LogP contribution in [0.5, 0.6) is 11.5 Å². The number of methoxy groups -OCH3 is 1. The van der Waals surface area contributed by atoms with Crippen LogP contribution in [0, 0.1) is 0 Å². The summed E-state index contributed by atoms with van der Waals surface area (Å²) < 4.78 is 11.0. The molecule has 8 heteroatoms. The minimum absolute atomic E-state index is 0.0482. The molecule has 0 bridgehead atoms. The fourth-order valence-electron chi connectivity index (χ4n) is 5.84. The molecule has 3 aromatic carbocycles. The van der Waals surface area contributed by atoms with Crippen LogP contribution >= 0.6 is 0 Å². The van der Waals surface area contributed by atoms with Crippen molar-refractivity contribution in [2.45, 2.75) is 52.4 Å². The highest BCUT2D eigenvalue weighted by Crippen LogP contribution is 2.35. The number of hydrogen-bond donors (Lipinski definition) is 1. The van der Waals surface area contributed by atoms with Gasteiger partial charge < -0.3 is 19.5 Å². The lowest BCUT2D eigenvalue weighted by Crippen LogP contribution is -2.56. The molecule has 0 radical (unpaired) electrons. The summed E-state index contributed by atoms with van der Waals surface area (Å²) in [6, 6.07) is 24.3. The number of rotatable bonds is 12. The van der Waals surface area contributed by atoms with Gasteiger partial charge in [0, 0.05) is 50.4 Å². The second kappa shape index (κ2) is 14.3. The molecule has 0 spiro atoms. The smallest absolute Gasteiger partial charge is 0.341 e. The third-order valence-corrected chi connectivity index (χ3v) is 8.05. The first-order valence-electron chi connectivity index (χ1n) is 14.7. The molecule has 0 saturated carbocycles. The molecular weight excluding hydrogens is 530 g/mol. The van der Waals surface area contributed by atoms with E-state index in [1.165, 1.54) is 0 Å². The summed E-state index contributed by atoms with van der Waals surface area (Å²) in [7, 11) is 1.68. The Hall–Kier alpha value is -3.88. The van der Waals surface area contributed by atoms with Crippen LogP contribution in [0.25, 0.3) is 0 Å². The number of aliphatic carboxylic acids is 1. The summed E-state index contributed by atoms with van der Waals surface area (Å²) in [6.45, 7) is 11.9. The van der Waals surface area contributed by atoms with Gasteiger partial charge in [-0.15, -0.1) is 0 Å². The van der Waals surface area contributed by atoms with Gasteiger partial charge >= 0.3 is 5.97 Å². The molecule has 4 rings (SSSR count).